The fourth-order valence-electron chi connectivity index (χ4n) is 4.03. The van der Waals surface area contributed by atoms with Crippen LogP contribution in [0.2, 0.25) is 0 Å². The largest absolute Gasteiger partial charge is 0.497 e. The second-order valence-electron chi connectivity index (χ2n) is 6.96. The average Bonchev–Trinajstić information content (AvgIpc) is 3.12. The molecule has 2 aromatic carbocycles. The van der Waals surface area contributed by atoms with Crippen LogP contribution in [-0.4, -0.2) is 17.9 Å². The van der Waals surface area contributed by atoms with Gasteiger partial charge in [0.25, 0.3) is 0 Å². The van der Waals surface area contributed by atoms with Crippen molar-refractivity contribution in [3.8, 4) is 16.9 Å². The Morgan fingerprint density at radius 1 is 1.04 bits per heavy atom. The molecule has 1 aromatic heterocycles. The fraction of sp³-hybridized carbons (Fsp3) is 0.318. The second-order valence-corrected chi connectivity index (χ2v) is 6.96. The van der Waals surface area contributed by atoms with E-state index in [1.165, 1.54) is 33.2 Å². The topological polar surface area (TPSA) is 42.1 Å². The van der Waals surface area contributed by atoms with Crippen molar-refractivity contribution in [2.45, 2.75) is 38.5 Å². The van der Waals surface area contributed by atoms with E-state index >= 15 is 0 Å². The predicted molar refractivity (Wildman–Crippen MR) is 101 cm³/mol. The summed E-state index contributed by atoms with van der Waals surface area (Å²) in [6.07, 6.45) is 5.38. The van der Waals surface area contributed by atoms with Gasteiger partial charge in [-0.2, -0.15) is 0 Å². The molecule has 0 atom stereocenters. The summed E-state index contributed by atoms with van der Waals surface area (Å²) in [5.41, 5.74) is 6.16. The quantitative estimate of drug-likeness (QED) is 0.699. The van der Waals surface area contributed by atoms with Crippen LogP contribution in [0, 0.1) is 6.92 Å². The van der Waals surface area contributed by atoms with Crippen LogP contribution in [0.3, 0.4) is 0 Å². The Labute approximate surface area is 148 Å². The molecule has 4 rings (SSSR count). The molecule has 1 aliphatic carbocycles. The molecule has 25 heavy (non-hydrogen) atoms. The average molecular weight is 333 g/mol. The number of carbonyl (C=O) groups excluding carboxylic acids is 1. The Hall–Kier alpha value is -2.55. The Morgan fingerprint density at radius 3 is 2.60 bits per heavy atom. The number of aromatic nitrogens is 1. The van der Waals surface area contributed by atoms with Crippen molar-refractivity contribution in [2.24, 2.45) is 0 Å². The lowest BCUT2D eigenvalue weighted by Crippen LogP contribution is -2.12. The zero-order valence-electron chi connectivity index (χ0n) is 14.8. The number of ketones is 1. The molecule has 1 aliphatic rings. The minimum absolute atomic E-state index is 0.408. The van der Waals surface area contributed by atoms with Gasteiger partial charge in [-0.15, -0.1) is 0 Å². The molecule has 1 heterocycles. The highest BCUT2D eigenvalue weighted by atomic mass is 16.5. The molecule has 1 fully saturated rings. The van der Waals surface area contributed by atoms with Gasteiger partial charge in [-0.3, -0.25) is 4.79 Å². The Balaban J connectivity index is 1.82. The maximum Gasteiger partial charge on any atom is 0.132 e. The number of aryl methyl sites for hydroxylation is 1. The molecule has 0 bridgehead atoms. The highest BCUT2D eigenvalue weighted by molar-refractivity contribution is 5.97. The highest BCUT2D eigenvalue weighted by Crippen LogP contribution is 2.39. The van der Waals surface area contributed by atoms with E-state index in [1.54, 1.807) is 7.11 Å². The first kappa shape index (κ1) is 15.9. The molecular weight excluding hydrogens is 310 g/mol. The predicted octanol–water partition coefficient (Wildman–Crippen LogP) is 5.38. The van der Waals surface area contributed by atoms with E-state index in [9.17, 15) is 4.79 Å². The van der Waals surface area contributed by atoms with Crippen LogP contribution < -0.4 is 4.74 Å². The maximum absolute atomic E-state index is 11.6. The van der Waals surface area contributed by atoms with Crippen molar-refractivity contribution in [1.82, 2.24) is 4.98 Å². The van der Waals surface area contributed by atoms with Crippen LogP contribution in [0.15, 0.2) is 42.6 Å². The van der Waals surface area contributed by atoms with Gasteiger partial charge in [-0.05, 0) is 60.6 Å². The number of benzene rings is 2. The molecule has 0 saturated heterocycles. The fourth-order valence-corrected chi connectivity index (χ4v) is 4.03. The third-order valence-electron chi connectivity index (χ3n) is 5.47. The summed E-state index contributed by atoms with van der Waals surface area (Å²) in [5, 5.41) is 1.28. The number of fused-ring (bicyclic) bond motifs is 1. The summed E-state index contributed by atoms with van der Waals surface area (Å²) < 4.78 is 5.41. The summed E-state index contributed by atoms with van der Waals surface area (Å²) in [5.74, 6) is 1.76. The minimum Gasteiger partial charge on any atom is -0.497 e. The summed E-state index contributed by atoms with van der Waals surface area (Å²) in [7, 11) is 1.70. The zero-order chi connectivity index (χ0) is 17.4. The normalized spacial score (nSPS) is 15.7. The van der Waals surface area contributed by atoms with E-state index in [1.807, 2.05) is 12.3 Å². The number of hydrogen-bond donors (Lipinski definition) is 1. The van der Waals surface area contributed by atoms with Gasteiger partial charge >= 0.3 is 0 Å². The van der Waals surface area contributed by atoms with Crippen molar-refractivity contribution in [3.63, 3.8) is 0 Å². The van der Waals surface area contributed by atoms with Gasteiger partial charge < -0.3 is 9.72 Å². The lowest BCUT2D eigenvalue weighted by Gasteiger charge is -2.23. The van der Waals surface area contributed by atoms with E-state index in [2.05, 4.69) is 42.2 Å². The molecule has 3 aromatic rings. The van der Waals surface area contributed by atoms with Crippen molar-refractivity contribution in [3.05, 3.63) is 53.7 Å². The number of hydrogen-bond acceptors (Lipinski definition) is 2. The zero-order valence-corrected chi connectivity index (χ0v) is 14.8. The number of carbonyl (C=O) groups is 1. The monoisotopic (exact) mass is 333 g/mol. The molecule has 1 N–H and O–H groups in total. The molecule has 0 unspecified atom stereocenters. The van der Waals surface area contributed by atoms with Crippen molar-refractivity contribution in [1.29, 1.82) is 0 Å². The second kappa shape index (κ2) is 6.40. The van der Waals surface area contributed by atoms with Gasteiger partial charge in [-0.25, -0.2) is 0 Å². The summed E-state index contributed by atoms with van der Waals surface area (Å²) in [4.78, 5) is 15.0. The van der Waals surface area contributed by atoms with Crippen LogP contribution in [0.5, 0.6) is 5.75 Å². The molecule has 3 heteroatoms. The molecule has 0 radical (unpaired) electrons. The van der Waals surface area contributed by atoms with Gasteiger partial charge in [0.1, 0.15) is 11.5 Å². The molecule has 0 spiro atoms. The van der Waals surface area contributed by atoms with Crippen LogP contribution in [-0.2, 0) is 4.79 Å². The Bertz CT molecular complexity index is 928. The van der Waals surface area contributed by atoms with Gasteiger partial charge in [0, 0.05) is 30.0 Å². The third-order valence-corrected chi connectivity index (χ3v) is 5.47. The van der Waals surface area contributed by atoms with E-state index in [4.69, 9.17) is 4.74 Å². The van der Waals surface area contributed by atoms with Crippen LogP contribution in [0.1, 0.15) is 42.7 Å². The summed E-state index contributed by atoms with van der Waals surface area (Å²) >= 11 is 0. The van der Waals surface area contributed by atoms with Crippen LogP contribution in [0.4, 0.5) is 0 Å². The number of Topliss-reactive ketones (excluding diaryl/α,β-unsaturated/α-hetero) is 1. The van der Waals surface area contributed by atoms with E-state index in [-0.39, 0.29) is 0 Å². The highest BCUT2D eigenvalue weighted by Gasteiger charge is 2.23. The Morgan fingerprint density at radius 2 is 1.84 bits per heavy atom. The Kier molecular flexibility index (Phi) is 4.08. The van der Waals surface area contributed by atoms with Crippen molar-refractivity contribution < 1.29 is 9.53 Å². The molecular formula is C22H23NO2. The van der Waals surface area contributed by atoms with Crippen LogP contribution >= 0.6 is 0 Å². The molecule has 1 saturated carbocycles. The van der Waals surface area contributed by atoms with E-state index in [0.29, 0.717) is 24.5 Å². The molecule has 0 aliphatic heterocycles. The molecule has 3 nitrogen and oxygen atoms in total. The molecule has 0 amide bonds. The van der Waals surface area contributed by atoms with E-state index in [0.717, 1.165) is 18.6 Å². The SMILES string of the molecule is COc1ccc(C)c(-c2ccc(C3CCC(=O)CC3)c3cc[nH]c23)c1. The smallest absolute Gasteiger partial charge is 0.132 e. The maximum atomic E-state index is 11.6. The van der Waals surface area contributed by atoms with Gasteiger partial charge in [0.2, 0.25) is 0 Å². The standard InChI is InChI=1S/C22H23NO2/c1-14-3-8-17(25-2)13-21(14)19-10-9-18(20-11-12-23-22(19)20)15-4-6-16(24)7-5-15/h3,8-13,15,23H,4-7H2,1-2H3. The first-order chi connectivity index (χ1) is 12.2. The van der Waals surface area contributed by atoms with Gasteiger partial charge in [0.15, 0.2) is 0 Å². The summed E-state index contributed by atoms with van der Waals surface area (Å²) in [6, 6.07) is 12.8. The number of ether oxygens (including phenoxy) is 1. The van der Waals surface area contributed by atoms with Crippen molar-refractivity contribution in [2.75, 3.05) is 7.11 Å². The van der Waals surface area contributed by atoms with Gasteiger partial charge in [0.05, 0.1) is 12.6 Å². The first-order valence-electron chi connectivity index (χ1n) is 8.94. The van der Waals surface area contributed by atoms with E-state index < -0.39 is 0 Å². The van der Waals surface area contributed by atoms with Gasteiger partial charge in [-0.1, -0.05) is 18.2 Å². The first-order valence-corrected chi connectivity index (χ1v) is 8.94. The number of H-pyrrole nitrogens is 1. The third kappa shape index (κ3) is 2.84. The number of rotatable bonds is 3. The lowest BCUT2D eigenvalue weighted by molar-refractivity contribution is -0.120. The number of aromatic amines is 1. The lowest BCUT2D eigenvalue weighted by atomic mass is 9.81. The number of methoxy groups -OCH3 is 1. The number of nitrogens with one attached hydrogen (secondary N) is 1. The van der Waals surface area contributed by atoms with Crippen molar-refractivity contribution >= 4 is 16.7 Å². The minimum atomic E-state index is 0.408. The van der Waals surface area contributed by atoms with Crippen LogP contribution in [0.25, 0.3) is 22.0 Å². The summed E-state index contributed by atoms with van der Waals surface area (Å²) in [6.45, 7) is 2.13. The molecule has 128 valence electrons.